The fourth-order valence-corrected chi connectivity index (χ4v) is 6.02. The molecule has 3 rings (SSSR count). The number of hydrogen-bond acceptors (Lipinski definition) is 3. The van der Waals surface area contributed by atoms with Crippen LogP contribution in [0.15, 0.2) is 0 Å². The summed E-state index contributed by atoms with van der Waals surface area (Å²) in [4.78, 5) is 12.2. The van der Waals surface area contributed by atoms with Crippen molar-refractivity contribution in [2.75, 3.05) is 0 Å². The van der Waals surface area contributed by atoms with Crippen molar-refractivity contribution >= 4 is 5.78 Å². The second-order valence-corrected chi connectivity index (χ2v) is 8.84. The molecule has 3 nitrogen and oxygen atoms in total. The lowest BCUT2D eigenvalue weighted by molar-refractivity contribution is -0.175. The summed E-state index contributed by atoms with van der Waals surface area (Å²) in [7, 11) is 0. The van der Waals surface area contributed by atoms with E-state index in [2.05, 4.69) is 6.92 Å². The summed E-state index contributed by atoms with van der Waals surface area (Å²) >= 11 is 0. The quantitative estimate of drug-likeness (QED) is 0.811. The average Bonchev–Trinajstić information content (AvgIpc) is 2.55. The lowest BCUT2D eigenvalue weighted by Gasteiger charge is -2.58. The van der Waals surface area contributed by atoms with Crippen LogP contribution in [-0.2, 0) is 4.79 Å². The van der Waals surface area contributed by atoms with E-state index in [1.54, 1.807) is 0 Å². The first kappa shape index (κ1) is 17.4. The van der Waals surface area contributed by atoms with Gasteiger partial charge in [0.15, 0.2) is 0 Å². The third-order valence-electron chi connectivity index (χ3n) is 7.33. The van der Waals surface area contributed by atoms with Crippen molar-refractivity contribution in [3.8, 4) is 0 Å². The maximum absolute atomic E-state index is 12.2. The van der Waals surface area contributed by atoms with E-state index in [0.717, 1.165) is 32.1 Å². The van der Waals surface area contributed by atoms with Gasteiger partial charge in [-0.2, -0.15) is 0 Å². The summed E-state index contributed by atoms with van der Waals surface area (Å²) in [5, 5.41) is 20.9. The third-order valence-corrected chi connectivity index (χ3v) is 7.33. The molecule has 0 aromatic rings. The zero-order chi connectivity index (χ0) is 16.6. The molecular formula is C20H34O3. The van der Waals surface area contributed by atoms with Crippen molar-refractivity contribution in [2.24, 2.45) is 29.1 Å². The molecule has 0 radical (unpaired) electrons. The molecule has 3 saturated carbocycles. The monoisotopic (exact) mass is 322 g/mol. The Balaban J connectivity index is 1.52. The largest absolute Gasteiger partial charge is 0.393 e. The Morgan fingerprint density at radius 1 is 1.22 bits per heavy atom. The Bertz CT molecular complexity index is 429. The molecule has 23 heavy (non-hydrogen) atoms. The molecule has 2 N–H and O–H groups in total. The van der Waals surface area contributed by atoms with E-state index in [0.29, 0.717) is 17.6 Å². The number of carbonyl (C=O) groups excluding carboxylic acids is 1. The first-order valence-corrected chi connectivity index (χ1v) is 9.84. The summed E-state index contributed by atoms with van der Waals surface area (Å²) in [6.45, 7) is 4.12. The number of ketones is 1. The Morgan fingerprint density at radius 3 is 2.61 bits per heavy atom. The van der Waals surface area contributed by atoms with Gasteiger partial charge in [-0.3, -0.25) is 4.79 Å². The molecule has 3 heteroatoms. The number of rotatable bonds is 5. The lowest BCUT2D eigenvalue weighted by Crippen LogP contribution is -2.62. The molecule has 132 valence electrons. The normalized spacial score (nSPS) is 42.9. The fraction of sp³-hybridized carbons (Fsp3) is 0.950. The van der Waals surface area contributed by atoms with Crippen molar-refractivity contribution < 1.29 is 15.0 Å². The molecule has 0 aromatic heterocycles. The van der Waals surface area contributed by atoms with Gasteiger partial charge in [0.1, 0.15) is 5.78 Å². The van der Waals surface area contributed by atoms with E-state index in [4.69, 9.17) is 0 Å². The SMILES string of the molecule is CC1C(=O)[C@]2(C)CC[C@H](O)[C@@H](CC[C@@H](O)CC3CCCCC3)[C@H]12. The average molecular weight is 322 g/mol. The van der Waals surface area contributed by atoms with Gasteiger partial charge in [0.05, 0.1) is 12.2 Å². The molecule has 3 fully saturated rings. The van der Waals surface area contributed by atoms with E-state index in [-0.39, 0.29) is 29.5 Å². The van der Waals surface area contributed by atoms with Crippen LogP contribution in [-0.4, -0.2) is 28.2 Å². The highest BCUT2D eigenvalue weighted by atomic mass is 16.3. The zero-order valence-corrected chi connectivity index (χ0v) is 14.8. The molecule has 3 aliphatic rings. The number of carbonyl (C=O) groups is 1. The molecule has 6 atom stereocenters. The summed E-state index contributed by atoms with van der Waals surface area (Å²) in [6, 6.07) is 0. The van der Waals surface area contributed by atoms with Gasteiger partial charge < -0.3 is 10.2 Å². The number of fused-ring (bicyclic) bond motifs is 1. The Labute approximate surface area is 140 Å². The molecule has 0 bridgehead atoms. The summed E-state index contributed by atoms with van der Waals surface area (Å²) in [6.07, 6.45) is 10.2. The van der Waals surface area contributed by atoms with Gasteiger partial charge in [-0.25, -0.2) is 0 Å². The van der Waals surface area contributed by atoms with Crippen LogP contribution in [0.25, 0.3) is 0 Å². The zero-order valence-electron chi connectivity index (χ0n) is 14.8. The highest BCUT2D eigenvalue weighted by Gasteiger charge is 2.61. The van der Waals surface area contributed by atoms with Crippen LogP contribution in [0.3, 0.4) is 0 Å². The Hall–Kier alpha value is -0.410. The van der Waals surface area contributed by atoms with Crippen molar-refractivity contribution in [1.82, 2.24) is 0 Å². The summed E-state index contributed by atoms with van der Waals surface area (Å²) in [5.41, 5.74) is -0.197. The Kier molecular flexibility index (Phi) is 5.18. The molecule has 0 aliphatic heterocycles. The minimum Gasteiger partial charge on any atom is -0.393 e. The van der Waals surface area contributed by atoms with Gasteiger partial charge in [-0.1, -0.05) is 46.0 Å². The fourth-order valence-electron chi connectivity index (χ4n) is 6.02. The predicted octanol–water partition coefficient (Wildman–Crippen LogP) is 3.71. The molecule has 3 aliphatic carbocycles. The van der Waals surface area contributed by atoms with Crippen LogP contribution in [0.4, 0.5) is 0 Å². The van der Waals surface area contributed by atoms with Crippen molar-refractivity contribution in [3.05, 3.63) is 0 Å². The first-order valence-electron chi connectivity index (χ1n) is 9.84. The highest BCUT2D eigenvalue weighted by molar-refractivity contribution is 5.93. The molecule has 0 aromatic carbocycles. The smallest absolute Gasteiger partial charge is 0.142 e. The van der Waals surface area contributed by atoms with E-state index in [1.807, 2.05) is 6.92 Å². The summed E-state index contributed by atoms with van der Waals surface area (Å²) < 4.78 is 0. The molecular weight excluding hydrogens is 288 g/mol. The van der Waals surface area contributed by atoms with Gasteiger partial charge in [0.2, 0.25) is 0 Å². The minimum atomic E-state index is -0.287. The van der Waals surface area contributed by atoms with Crippen LogP contribution >= 0.6 is 0 Å². The molecule has 1 unspecified atom stereocenters. The second kappa shape index (κ2) is 6.84. The van der Waals surface area contributed by atoms with Crippen LogP contribution < -0.4 is 0 Å². The van der Waals surface area contributed by atoms with Gasteiger partial charge in [-0.05, 0) is 49.9 Å². The van der Waals surface area contributed by atoms with E-state index >= 15 is 0 Å². The van der Waals surface area contributed by atoms with Crippen molar-refractivity contribution in [1.29, 1.82) is 0 Å². The third kappa shape index (κ3) is 3.24. The van der Waals surface area contributed by atoms with E-state index < -0.39 is 0 Å². The van der Waals surface area contributed by atoms with Crippen LogP contribution in [0.2, 0.25) is 0 Å². The van der Waals surface area contributed by atoms with Gasteiger partial charge >= 0.3 is 0 Å². The van der Waals surface area contributed by atoms with Crippen LogP contribution in [0.1, 0.15) is 78.1 Å². The standard InChI is InChI=1S/C20H34O3/c1-13-18-16(17(22)10-11-20(18,2)19(13)23)9-8-15(21)12-14-6-4-3-5-7-14/h13-18,21-22H,3-12H2,1-2H3/t13?,15-,16-,17+,18+,20-/m1/s1. The van der Waals surface area contributed by atoms with Crippen LogP contribution in [0.5, 0.6) is 0 Å². The number of hydrogen-bond donors (Lipinski definition) is 2. The maximum Gasteiger partial charge on any atom is 0.142 e. The molecule has 0 amide bonds. The summed E-state index contributed by atoms with van der Waals surface area (Å²) in [5.74, 6) is 1.70. The van der Waals surface area contributed by atoms with Crippen molar-refractivity contribution in [3.63, 3.8) is 0 Å². The van der Waals surface area contributed by atoms with Crippen molar-refractivity contribution in [2.45, 2.75) is 90.3 Å². The topological polar surface area (TPSA) is 57.5 Å². The predicted molar refractivity (Wildman–Crippen MR) is 90.9 cm³/mol. The highest BCUT2D eigenvalue weighted by Crippen LogP contribution is 2.59. The Morgan fingerprint density at radius 2 is 1.91 bits per heavy atom. The number of aliphatic hydroxyl groups excluding tert-OH is 2. The van der Waals surface area contributed by atoms with Crippen LogP contribution in [0, 0.1) is 29.1 Å². The second-order valence-electron chi connectivity index (χ2n) is 8.84. The van der Waals surface area contributed by atoms with E-state index in [1.165, 1.54) is 32.1 Å². The van der Waals surface area contributed by atoms with E-state index in [9.17, 15) is 15.0 Å². The number of Topliss-reactive ketones (excluding diaryl/α,β-unsaturated/α-hetero) is 1. The maximum atomic E-state index is 12.2. The first-order chi connectivity index (χ1) is 10.9. The molecule has 0 saturated heterocycles. The molecule has 0 heterocycles. The van der Waals surface area contributed by atoms with Gasteiger partial charge in [0.25, 0.3) is 0 Å². The lowest BCUT2D eigenvalue weighted by atomic mass is 9.45. The minimum absolute atomic E-state index is 0.0930. The molecule has 0 spiro atoms. The number of aliphatic hydroxyl groups is 2. The van der Waals surface area contributed by atoms with Gasteiger partial charge in [-0.15, -0.1) is 0 Å². The van der Waals surface area contributed by atoms with Gasteiger partial charge in [0, 0.05) is 11.3 Å².